The lowest BCUT2D eigenvalue weighted by Crippen LogP contribution is -2.44. The smallest absolute Gasteiger partial charge is 0.573 e. The average molecular weight is 401 g/mol. The molecule has 0 saturated heterocycles. The summed E-state index contributed by atoms with van der Waals surface area (Å²) in [5.74, 6) is -1.60. The molecule has 1 aromatic heterocycles. The monoisotopic (exact) mass is 401 g/mol. The van der Waals surface area contributed by atoms with Gasteiger partial charge in [0.05, 0.1) is 19.0 Å². The average Bonchev–Trinajstić information content (AvgIpc) is 3.10. The van der Waals surface area contributed by atoms with Crippen molar-refractivity contribution in [2.75, 3.05) is 18.4 Å². The molecule has 1 aliphatic heterocycles. The zero-order chi connectivity index (χ0) is 20.3. The molecular weight excluding hydrogens is 387 g/mol. The van der Waals surface area contributed by atoms with Gasteiger partial charge in [0.15, 0.2) is 5.52 Å². The number of fused-ring (bicyclic) bond motifs is 1. The number of ether oxygens (including phenoxy) is 2. The van der Waals surface area contributed by atoms with Crippen molar-refractivity contribution >= 4 is 29.2 Å². The largest absolute Gasteiger partial charge is 0.739 e. The number of rotatable bonds is 6. The summed E-state index contributed by atoms with van der Waals surface area (Å²) in [7, 11) is 0. The molecule has 28 heavy (non-hydrogen) atoms. The van der Waals surface area contributed by atoms with Crippen LogP contribution in [0.1, 0.15) is 12.8 Å². The third-order valence-electron chi connectivity index (χ3n) is 3.69. The van der Waals surface area contributed by atoms with Gasteiger partial charge in [-0.15, -0.1) is 13.2 Å². The van der Waals surface area contributed by atoms with Crippen molar-refractivity contribution < 1.29 is 37.0 Å². The molecule has 0 spiro atoms. The van der Waals surface area contributed by atoms with Crippen molar-refractivity contribution in [2.45, 2.75) is 25.3 Å². The van der Waals surface area contributed by atoms with Crippen LogP contribution in [0.4, 0.5) is 19.1 Å². The van der Waals surface area contributed by atoms with Crippen LogP contribution in [-0.2, 0) is 9.53 Å². The quantitative estimate of drug-likeness (QED) is 0.426. The van der Waals surface area contributed by atoms with Crippen LogP contribution < -0.4 is 19.6 Å². The van der Waals surface area contributed by atoms with E-state index >= 15 is 0 Å². The number of esters is 1. The van der Waals surface area contributed by atoms with E-state index in [0.29, 0.717) is 13.0 Å². The lowest BCUT2D eigenvalue weighted by molar-refractivity contribution is -0.672. The maximum atomic E-state index is 12.3. The van der Waals surface area contributed by atoms with Gasteiger partial charge in [-0.3, -0.25) is 15.1 Å². The first kappa shape index (κ1) is 19.4. The minimum absolute atomic E-state index is 0.0113. The minimum atomic E-state index is -4.94. The maximum absolute atomic E-state index is 12.3. The Labute approximate surface area is 155 Å². The Kier molecular flexibility index (Phi) is 5.33. The highest BCUT2D eigenvalue weighted by Gasteiger charge is 2.32. The summed E-state index contributed by atoms with van der Waals surface area (Å²) in [5, 5.41) is 30.2. The Morgan fingerprint density at radius 3 is 2.79 bits per heavy atom. The zero-order valence-electron chi connectivity index (χ0n) is 14.2. The van der Waals surface area contributed by atoms with E-state index < -0.39 is 29.5 Å². The number of alkyl halides is 3. The van der Waals surface area contributed by atoms with Crippen LogP contribution in [0.3, 0.4) is 0 Å². The number of aliphatic imine (C=N–C) groups is 1. The van der Waals surface area contributed by atoms with Gasteiger partial charge in [-0.05, 0) is 12.1 Å². The SMILES string of the molecule is O=C(CCNc1n[n+]([O-])c2cc(OC(F)(F)F)ccc2[n+]1[O-])O[C@@H]1C=NCC1. The first-order valence-electron chi connectivity index (χ1n) is 8.09. The summed E-state index contributed by atoms with van der Waals surface area (Å²) in [6, 6.07) is 2.65. The van der Waals surface area contributed by atoms with Crippen LogP contribution in [0.15, 0.2) is 23.2 Å². The Bertz CT molecular complexity index is 921. The van der Waals surface area contributed by atoms with E-state index in [1.165, 1.54) is 0 Å². The van der Waals surface area contributed by atoms with Crippen molar-refractivity contribution in [1.82, 2.24) is 5.10 Å². The second-order valence-corrected chi connectivity index (χ2v) is 5.74. The third kappa shape index (κ3) is 4.66. The molecule has 10 nitrogen and oxygen atoms in total. The molecule has 13 heteroatoms. The van der Waals surface area contributed by atoms with Crippen LogP contribution in [0.25, 0.3) is 11.0 Å². The fourth-order valence-electron chi connectivity index (χ4n) is 2.49. The first-order valence-corrected chi connectivity index (χ1v) is 8.09. The molecule has 2 heterocycles. The second-order valence-electron chi connectivity index (χ2n) is 5.74. The van der Waals surface area contributed by atoms with E-state index in [1.807, 2.05) is 0 Å². The van der Waals surface area contributed by atoms with Crippen molar-refractivity contribution in [1.29, 1.82) is 0 Å². The molecule has 0 amide bonds. The van der Waals surface area contributed by atoms with Gasteiger partial charge in [-0.1, -0.05) is 0 Å². The number of hydrogen-bond donors (Lipinski definition) is 1. The number of aromatic nitrogens is 3. The Morgan fingerprint density at radius 1 is 1.32 bits per heavy atom. The molecule has 3 rings (SSSR count). The highest BCUT2D eigenvalue weighted by atomic mass is 19.4. The molecule has 2 aromatic rings. The molecule has 0 aliphatic carbocycles. The van der Waals surface area contributed by atoms with Gasteiger partial charge >= 0.3 is 23.8 Å². The first-order chi connectivity index (χ1) is 13.2. The highest BCUT2D eigenvalue weighted by molar-refractivity contribution is 5.75. The van der Waals surface area contributed by atoms with Crippen molar-refractivity contribution in [2.24, 2.45) is 4.99 Å². The lowest BCUT2D eigenvalue weighted by Gasteiger charge is -2.12. The summed E-state index contributed by atoms with van der Waals surface area (Å²) in [6.45, 7) is 0.547. The molecule has 150 valence electrons. The summed E-state index contributed by atoms with van der Waals surface area (Å²) in [4.78, 5) is 15.6. The zero-order valence-corrected chi connectivity index (χ0v) is 14.2. The minimum Gasteiger partial charge on any atom is -0.739 e. The number of carbonyl (C=O) groups excluding carboxylic acids is 1. The number of halogens is 3. The van der Waals surface area contributed by atoms with Gasteiger partial charge in [-0.2, -0.15) is 0 Å². The predicted molar refractivity (Wildman–Crippen MR) is 87.3 cm³/mol. The lowest BCUT2D eigenvalue weighted by atomic mass is 10.3. The van der Waals surface area contributed by atoms with E-state index in [2.05, 4.69) is 20.1 Å². The number of nitrogens with one attached hydrogen (secondary N) is 1. The van der Waals surface area contributed by atoms with Crippen molar-refractivity contribution in [3.8, 4) is 5.75 Å². The van der Waals surface area contributed by atoms with Crippen LogP contribution >= 0.6 is 0 Å². The summed E-state index contributed by atoms with van der Waals surface area (Å²) in [5.41, 5.74) is -0.644. The van der Waals surface area contributed by atoms with E-state index in [1.54, 1.807) is 6.21 Å². The Balaban J connectivity index is 1.68. The molecule has 1 aliphatic rings. The molecule has 1 atom stereocenters. The molecule has 1 aromatic carbocycles. The topological polar surface area (TPSA) is 127 Å². The fraction of sp³-hybridized carbons (Fsp3) is 0.400. The summed E-state index contributed by atoms with van der Waals surface area (Å²) in [6.07, 6.45) is -3.25. The second kappa shape index (κ2) is 7.70. The normalized spacial score (nSPS) is 16.3. The van der Waals surface area contributed by atoms with Crippen molar-refractivity contribution in [3.05, 3.63) is 28.6 Å². The summed E-state index contributed by atoms with van der Waals surface area (Å²) < 4.78 is 45.9. The standard InChI is InChI=1S/C15H14F3N5O5/c16-15(17,18)28-9-1-2-11-12(7-9)23(26)21-14(22(11)25)20-6-4-13(24)27-10-3-5-19-8-10/h1-2,7-8,10H,3-6H2,(H,20,21)/t10-/m0/s1. The van der Waals surface area contributed by atoms with Gasteiger partial charge in [0.2, 0.25) is 5.10 Å². The molecule has 1 N–H and O–H groups in total. The Morgan fingerprint density at radius 2 is 2.11 bits per heavy atom. The van der Waals surface area contributed by atoms with Crippen LogP contribution in [0, 0.1) is 10.4 Å². The molecule has 0 saturated carbocycles. The van der Waals surface area contributed by atoms with E-state index in [9.17, 15) is 28.4 Å². The van der Waals surface area contributed by atoms with Crippen molar-refractivity contribution in [3.63, 3.8) is 0 Å². The van der Waals surface area contributed by atoms with Gasteiger partial charge < -0.3 is 19.9 Å². The van der Waals surface area contributed by atoms with Crippen LogP contribution in [0.2, 0.25) is 0 Å². The number of benzene rings is 1. The molecule has 0 radical (unpaired) electrons. The molecule has 0 bridgehead atoms. The van der Waals surface area contributed by atoms with Gasteiger partial charge in [0.1, 0.15) is 11.9 Å². The van der Waals surface area contributed by atoms with E-state index in [4.69, 9.17) is 4.74 Å². The number of carbonyl (C=O) groups is 1. The fourth-order valence-corrected chi connectivity index (χ4v) is 2.49. The molecule has 0 unspecified atom stereocenters. The third-order valence-corrected chi connectivity index (χ3v) is 3.69. The maximum Gasteiger partial charge on any atom is 0.573 e. The highest BCUT2D eigenvalue weighted by Crippen LogP contribution is 2.24. The van der Waals surface area contributed by atoms with E-state index in [0.717, 1.165) is 18.2 Å². The summed E-state index contributed by atoms with van der Waals surface area (Å²) >= 11 is 0. The number of hydrogen-bond acceptors (Lipinski definition) is 8. The molecule has 0 fully saturated rings. The predicted octanol–water partition coefficient (Wildman–Crippen LogP) is 0.588. The Hall–Kier alpha value is -3.38. The van der Waals surface area contributed by atoms with Gasteiger partial charge in [0.25, 0.3) is 0 Å². The molecular formula is C15H14F3N5O5. The van der Waals surface area contributed by atoms with E-state index in [-0.39, 0.29) is 34.2 Å². The van der Waals surface area contributed by atoms with Gasteiger partial charge in [0, 0.05) is 24.0 Å². The van der Waals surface area contributed by atoms with Crippen LogP contribution in [0.5, 0.6) is 5.75 Å². The van der Waals surface area contributed by atoms with Gasteiger partial charge in [-0.25, -0.2) is 4.73 Å². The number of anilines is 1. The number of nitrogens with zero attached hydrogens (tertiary/aromatic N) is 4. The van der Waals surface area contributed by atoms with Crippen LogP contribution in [-0.4, -0.2) is 42.8 Å².